The predicted molar refractivity (Wildman–Crippen MR) is 47.7 cm³/mol. The molecule has 0 atom stereocenters. The van der Waals surface area contributed by atoms with E-state index in [9.17, 15) is 0 Å². The van der Waals surface area contributed by atoms with Gasteiger partial charge in [0, 0.05) is 30.2 Å². The molecule has 0 radical (unpaired) electrons. The molecule has 0 bridgehead atoms. The Labute approximate surface area is 71.0 Å². The SMILES string of the molecule is Cc1c(-c2ccc[nH]2)cnn1C. The minimum Gasteiger partial charge on any atom is -0.361 e. The van der Waals surface area contributed by atoms with Crippen LogP contribution in [0.1, 0.15) is 5.69 Å². The molecule has 1 N–H and O–H groups in total. The fourth-order valence-electron chi connectivity index (χ4n) is 1.26. The van der Waals surface area contributed by atoms with E-state index < -0.39 is 0 Å². The van der Waals surface area contributed by atoms with Crippen LogP contribution in [0.15, 0.2) is 24.5 Å². The molecule has 0 aromatic carbocycles. The van der Waals surface area contributed by atoms with Gasteiger partial charge in [0.1, 0.15) is 0 Å². The van der Waals surface area contributed by atoms with Gasteiger partial charge in [0.05, 0.1) is 6.20 Å². The van der Waals surface area contributed by atoms with Crippen molar-refractivity contribution in [3.05, 3.63) is 30.2 Å². The van der Waals surface area contributed by atoms with E-state index in [1.807, 2.05) is 36.3 Å². The molecule has 12 heavy (non-hydrogen) atoms. The second-order valence-corrected chi connectivity index (χ2v) is 2.85. The van der Waals surface area contributed by atoms with Crippen LogP contribution in [-0.4, -0.2) is 14.8 Å². The van der Waals surface area contributed by atoms with Crippen LogP contribution in [0.5, 0.6) is 0 Å². The normalized spacial score (nSPS) is 10.5. The maximum absolute atomic E-state index is 4.17. The monoisotopic (exact) mass is 161 g/mol. The number of aryl methyl sites for hydroxylation is 1. The van der Waals surface area contributed by atoms with Crippen molar-refractivity contribution in [3.8, 4) is 11.3 Å². The number of rotatable bonds is 1. The standard InChI is InChI=1S/C9H11N3/c1-7-8(6-11-12(7)2)9-4-3-5-10-9/h3-6,10H,1-2H3. The third-order valence-electron chi connectivity index (χ3n) is 2.12. The van der Waals surface area contributed by atoms with Crippen LogP contribution in [0.2, 0.25) is 0 Å². The fraction of sp³-hybridized carbons (Fsp3) is 0.222. The van der Waals surface area contributed by atoms with Crippen LogP contribution in [0.3, 0.4) is 0 Å². The molecule has 0 unspecified atom stereocenters. The maximum Gasteiger partial charge on any atom is 0.0585 e. The Balaban J connectivity index is 2.55. The summed E-state index contributed by atoms with van der Waals surface area (Å²) >= 11 is 0. The first kappa shape index (κ1) is 7.16. The highest BCUT2D eigenvalue weighted by molar-refractivity contribution is 5.60. The zero-order valence-corrected chi connectivity index (χ0v) is 7.20. The van der Waals surface area contributed by atoms with Crippen LogP contribution >= 0.6 is 0 Å². The molecule has 0 fully saturated rings. The van der Waals surface area contributed by atoms with E-state index in [1.165, 1.54) is 11.3 Å². The van der Waals surface area contributed by atoms with Gasteiger partial charge in [-0.25, -0.2) is 0 Å². The quantitative estimate of drug-likeness (QED) is 0.678. The Hall–Kier alpha value is -1.51. The molecule has 2 aromatic rings. The van der Waals surface area contributed by atoms with Gasteiger partial charge in [0.2, 0.25) is 0 Å². The number of H-pyrrole nitrogens is 1. The lowest BCUT2D eigenvalue weighted by Crippen LogP contribution is -1.92. The molecular formula is C9H11N3. The Bertz CT molecular complexity index is 370. The largest absolute Gasteiger partial charge is 0.361 e. The second kappa shape index (κ2) is 2.52. The van der Waals surface area contributed by atoms with Gasteiger partial charge in [0.25, 0.3) is 0 Å². The van der Waals surface area contributed by atoms with Crippen LogP contribution in [0.25, 0.3) is 11.3 Å². The summed E-state index contributed by atoms with van der Waals surface area (Å²) in [5, 5.41) is 4.17. The van der Waals surface area contributed by atoms with Gasteiger partial charge in [-0.1, -0.05) is 0 Å². The van der Waals surface area contributed by atoms with Crippen molar-refractivity contribution in [2.45, 2.75) is 6.92 Å². The number of hydrogen-bond donors (Lipinski definition) is 1. The highest BCUT2D eigenvalue weighted by Crippen LogP contribution is 2.19. The Morgan fingerprint density at radius 2 is 2.33 bits per heavy atom. The van der Waals surface area contributed by atoms with Crippen molar-refractivity contribution in [1.29, 1.82) is 0 Å². The molecule has 2 aromatic heterocycles. The van der Waals surface area contributed by atoms with Gasteiger partial charge in [-0.2, -0.15) is 5.10 Å². The summed E-state index contributed by atoms with van der Waals surface area (Å²) in [5.74, 6) is 0. The number of aromatic amines is 1. The van der Waals surface area contributed by atoms with Crippen molar-refractivity contribution >= 4 is 0 Å². The van der Waals surface area contributed by atoms with Crippen molar-refractivity contribution in [2.24, 2.45) is 7.05 Å². The third kappa shape index (κ3) is 0.942. The molecule has 0 saturated heterocycles. The van der Waals surface area contributed by atoms with E-state index in [0.29, 0.717) is 0 Å². The van der Waals surface area contributed by atoms with Gasteiger partial charge in [-0.05, 0) is 19.1 Å². The van der Waals surface area contributed by atoms with E-state index in [0.717, 1.165) is 5.69 Å². The number of nitrogens with one attached hydrogen (secondary N) is 1. The molecule has 62 valence electrons. The number of hydrogen-bond acceptors (Lipinski definition) is 1. The van der Waals surface area contributed by atoms with Gasteiger partial charge in [-0.3, -0.25) is 4.68 Å². The molecule has 0 spiro atoms. The molecule has 0 aliphatic rings. The topological polar surface area (TPSA) is 33.6 Å². The summed E-state index contributed by atoms with van der Waals surface area (Å²) < 4.78 is 1.87. The first-order chi connectivity index (χ1) is 5.79. The van der Waals surface area contributed by atoms with Gasteiger partial charge in [0.15, 0.2) is 0 Å². The smallest absolute Gasteiger partial charge is 0.0585 e. The minimum atomic E-state index is 1.13. The highest BCUT2D eigenvalue weighted by Gasteiger charge is 2.05. The van der Waals surface area contributed by atoms with Gasteiger partial charge >= 0.3 is 0 Å². The molecule has 0 amide bonds. The highest BCUT2D eigenvalue weighted by atomic mass is 15.3. The zero-order chi connectivity index (χ0) is 8.55. The average molecular weight is 161 g/mol. The van der Waals surface area contributed by atoms with E-state index in [1.54, 1.807) is 0 Å². The molecule has 2 rings (SSSR count). The lowest BCUT2D eigenvalue weighted by atomic mass is 10.2. The molecule has 3 nitrogen and oxygen atoms in total. The summed E-state index contributed by atoms with van der Waals surface area (Å²) in [6.45, 7) is 2.06. The van der Waals surface area contributed by atoms with Gasteiger partial charge in [-0.15, -0.1) is 0 Å². The molecule has 2 heterocycles. The number of nitrogens with zero attached hydrogens (tertiary/aromatic N) is 2. The fourth-order valence-corrected chi connectivity index (χ4v) is 1.26. The van der Waals surface area contributed by atoms with E-state index in [4.69, 9.17) is 0 Å². The summed E-state index contributed by atoms with van der Waals surface area (Å²) in [6, 6.07) is 4.03. The van der Waals surface area contributed by atoms with E-state index >= 15 is 0 Å². The maximum atomic E-state index is 4.17. The first-order valence-electron chi connectivity index (χ1n) is 3.91. The summed E-state index contributed by atoms with van der Waals surface area (Å²) in [4.78, 5) is 3.15. The van der Waals surface area contributed by atoms with Gasteiger partial charge < -0.3 is 4.98 Å². The Morgan fingerprint density at radius 1 is 1.50 bits per heavy atom. The Morgan fingerprint density at radius 3 is 2.83 bits per heavy atom. The van der Waals surface area contributed by atoms with Crippen molar-refractivity contribution in [2.75, 3.05) is 0 Å². The van der Waals surface area contributed by atoms with Crippen LogP contribution < -0.4 is 0 Å². The lowest BCUT2D eigenvalue weighted by molar-refractivity contribution is 0.740. The van der Waals surface area contributed by atoms with Crippen LogP contribution in [0, 0.1) is 6.92 Å². The lowest BCUT2D eigenvalue weighted by Gasteiger charge is -1.96. The zero-order valence-electron chi connectivity index (χ0n) is 7.20. The third-order valence-corrected chi connectivity index (χ3v) is 2.12. The van der Waals surface area contributed by atoms with E-state index in [-0.39, 0.29) is 0 Å². The molecule has 3 heteroatoms. The van der Waals surface area contributed by atoms with Crippen molar-refractivity contribution in [1.82, 2.24) is 14.8 Å². The summed E-state index contributed by atoms with van der Waals surface area (Å²) in [5.41, 5.74) is 3.47. The molecule has 0 aliphatic carbocycles. The first-order valence-corrected chi connectivity index (χ1v) is 3.91. The number of aromatic nitrogens is 3. The predicted octanol–water partition coefficient (Wildman–Crippen LogP) is 1.72. The average Bonchev–Trinajstić information content (AvgIpc) is 2.64. The summed E-state index contributed by atoms with van der Waals surface area (Å²) in [6.07, 6.45) is 3.79. The van der Waals surface area contributed by atoms with Crippen molar-refractivity contribution in [3.63, 3.8) is 0 Å². The molecule has 0 saturated carbocycles. The van der Waals surface area contributed by atoms with Crippen LogP contribution in [0.4, 0.5) is 0 Å². The van der Waals surface area contributed by atoms with Crippen molar-refractivity contribution < 1.29 is 0 Å². The van der Waals surface area contributed by atoms with Crippen LogP contribution in [-0.2, 0) is 7.05 Å². The second-order valence-electron chi connectivity index (χ2n) is 2.85. The van der Waals surface area contributed by atoms with E-state index in [2.05, 4.69) is 17.0 Å². The Kier molecular flexibility index (Phi) is 1.50. The molecular weight excluding hydrogens is 150 g/mol. The minimum absolute atomic E-state index is 1.13. The summed E-state index contributed by atoms with van der Waals surface area (Å²) in [7, 11) is 1.95. The molecule has 0 aliphatic heterocycles.